The number of hydrogen-bond donors (Lipinski definition) is 0. The molecule has 0 aromatic heterocycles. The molecule has 13 aromatic rings. The smallest absolute Gasteiger partial charge is 0.485 e. The predicted octanol–water partition coefficient (Wildman–Crippen LogP) is 13.0. The number of alkyl halides is 3. The summed E-state index contributed by atoms with van der Waals surface area (Å²) >= 11 is -0.275. The van der Waals surface area contributed by atoms with Gasteiger partial charge in [0.25, 0.3) is 0 Å². The minimum absolute atomic E-state index is 0.0366. The van der Waals surface area contributed by atoms with Crippen LogP contribution < -0.4 is 116 Å². The van der Waals surface area contributed by atoms with Gasteiger partial charge < -0.3 is 18.6 Å². The van der Waals surface area contributed by atoms with E-state index in [1.165, 1.54) is 118 Å². The number of hydrogen-bond acceptors (Lipinski definition) is 8. The van der Waals surface area contributed by atoms with Crippen molar-refractivity contribution in [1.29, 1.82) is 0 Å². The summed E-state index contributed by atoms with van der Waals surface area (Å²) in [4.78, 5) is -0.178. The van der Waals surface area contributed by atoms with Crippen LogP contribution in [0.25, 0.3) is 0 Å². The SMILES string of the molecule is CC(C)c1ccc([I+]c2ccc(C(C)C)cc2)cc1.CC(C)c1ccc([I+]c2ccc(C(C)C)cc2)cc1.COc1cc(C)c([I+]c2ccc(C)cc2)c(C)c1.COc1cc(C)c([I+]c2ccc(C)cc2)c(C)c1.Cc1ccc(S(=O)(=O)[O-])cc1.F[P-](F)(F)(F)(F)F.O=S(=O)([O-])C(F)(F)F.c1ccc([B-](c2ccccc2)(c2ccccc2)c2ccccc2)cc1. The van der Waals surface area contributed by atoms with E-state index in [0.29, 0.717) is 23.7 Å². The number of halogens is 13. The van der Waals surface area contributed by atoms with Crippen molar-refractivity contribution in [3.8, 4) is 11.5 Å². The van der Waals surface area contributed by atoms with Gasteiger partial charge in [0, 0.05) is 22.3 Å². The maximum absolute atomic E-state index is 10.7. The minimum Gasteiger partial charge on any atom is -0.741 e. The molecular formula is C100H107BF9I4O8PS2. The Bertz CT molecular complexity index is 5180. The number of aryl methyl sites for hydroxylation is 7. The van der Waals surface area contributed by atoms with Crippen molar-refractivity contribution < 1.29 is 159 Å². The van der Waals surface area contributed by atoms with Gasteiger partial charge in [-0.3, -0.25) is 0 Å². The quantitative estimate of drug-likeness (QED) is 0.0195. The second-order valence-corrected chi connectivity index (χ2v) is 47.0. The van der Waals surface area contributed by atoms with E-state index >= 15 is 0 Å². The molecular weight excluding hydrogens is 2110 g/mol. The summed E-state index contributed by atoms with van der Waals surface area (Å²) in [5, 5.41) is 0. The van der Waals surface area contributed by atoms with E-state index in [1.54, 1.807) is 26.4 Å². The van der Waals surface area contributed by atoms with E-state index in [0.717, 1.165) is 17.1 Å². The normalized spacial score (nSPS) is 11.9. The molecule has 0 fully saturated rings. The Kier molecular flexibility index (Phi) is 40.6. The Morgan fingerprint density at radius 3 is 0.672 bits per heavy atom. The van der Waals surface area contributed by atoms with E-state index in [4.69, 9.17) is 22.4 Å². The third-order valence-corrected chi connectivity index (χ3v) is 33.0. The van der Waals surface area contributed by atoms with E-state index < -0.39 is 39.7 Å². The number of benzene rings is 13. The maximum Gasteiger partial charge on any atom is 0.485 e. The second kappa shape index (κ2) is 47.9. The van der Waals surface area contributed by atoms with Crippen LogP contribution in [0.1, 0.15) is 140 Å². The van der Waals surface area contributed by atoms with Crippen LogP contribution in [0.4, 0.5) is 38.4 Å². The summed E-state index contributed by atoms with van der Waals surface area (Å²) in [6.07, 6.45) is -1.22. The second-order valence-electron chi connectivity index (χ2n) is 30.6. The third-order valence-electron chi connectivity index (χ3n) is 19.1. The van der Waals surface area contributed by atoms with Crippen molar-refractivity contribution in [3.63, 3.8) is 0 Å². The standard InChI is InChI=1S/C24H20B.2C18H22I.2C16H18IO.C7H8O3S.CHF3O3S.F6P/c1-5-13-21(14-6-1)25(22-15-7-2-8-16-22,23-17-9-3-10-18-23)24-19-11-4-12-20-24;2*1-13(2)15-5-9-17(10-6-15)19-18-11-7-16(8-12-18)14(3)4;2*1-11-5-7-14(8-6-11)17-16-12(2)9-15(18-4)10-13(16)3;1-6-2-4-7(5-3-6)11(8,9)10;2-1(3,4)8(5,6)7;1-7(2,3,4,5)6/h1-20H;2*5-14H,1-4H3;2*5-10H,1-4H3;2-5H,1H3,(H,8,9,10);(H,5,6,7);/q-1;4*+1;;;-1/p-2. The number of rotatable bonds is 19. The van der Waals surface area contributed by atoms with Gasteiger partial charge in [-0.1, -0.05) is 278 Å². The van der Waals surface area contributed by atoms with E-state index in [2.05, 4.69) is 388 Å². The van der Waals surface area contributed by atoms with Gasteiger partial charge in [-0.15, -0.1) is 0 Å². The first kappa shape index (κ1) is 106. The molecule has 8 nitrogen and oxygen atoms in total. The van der Waals surface area contributed by atoms with E-state index in [9.17, 15) is 51.3 Å². The van der Waals surface area contributed by atoms with Crippen molar-refractivity contribution in [1.82, 2.24) is 0 Å². The molecule has 0 spiro atoms. The Labute approximate surface area is 775 Å². The van der Waals surface area contributed by atoms with Crippen LogP contribution in [-0.4, -0.2) is 51.8 Å². The van der Waals surface area contributed by atoms with Crippen molar-refractivity contribution in [2.24, 2.45) is 0 Å². The summed E-state index contributed by atoms with van der Waals surface area (Å²) < 4.78 is 172. The average molecular weight is 2220 g/mol. The maximum atomic E-state index is 10.7. The van der Waals surface area contributed by atoms with Crippen molar-refractivity contribution in [2.45, 2.75) is 138 Å². The molecule has 0 saturated heterocycles. The van der Waals surface area contributed by atoms with Gasteiger partial charge in [0.15, 0.2) is 38.7 Å². The van der Waals surface area contributed by atoms with Crippen molar-refractivity contribution in [2.75, 3.05) is 14.2 Å². The molecule has 0 heterocycles. The van der Waals surface area contributed by atoms with Gasteiger partial charge in [0.05, 0.1) is 19.1 Å². The van der Waals surface area contributed by atoms with Crippen molar-refractivity contribution in [3.05, 3.63) is 405 Å². The van der Waals surface area contributed by atoms with Gasteiger partial charge in [-0.25, -0.2) is 16.8 Å². The topological polar surface area (TPSA) is 133 Å². The van der Waals surface area contributed by atoms with Crippen molar-refractivity contribution >= 4 is 56.0 Å². The van der Waals surface area contributed by atoms with Gasteiger partial charge in [0.2, 0.25) is 0 Å². The largest absolute Gasteiger partial charge is 0.741 e. The Balaban J connectivity index is 0.000000227. The molecule has 13 rings (SSSR count). The molecule has 666 valence electrons. The molecule has 0 saturated carbocycles. The molecule has 0 N–H and O–H groups in total. The first-order valence-corrected chi connectivity index (χ1v) is 53.3. The fourth-order valence-corrected chi connectivity index (χ4v) is 22.3. The Morgan fingerprint density at radius 1 is 0.312 bits per heavy atom. The zero-order valence-electron chi connectivity index (χ0n) is 72.9. The van der Waals surface area contributed by atoms with Crippen LogP contribution in [0.3, 0.4) is 0 Å². The average Bonchev–Trinajstić information content (AvgIpc) is 0.741. The Morgan fingerprint density at radius 2 is 0.496 bits per heavy atom. The molecule has 0 aliphatic heterocycles. The summed E-state index contributed by atoms with van der Waals surface area (Å²) in [6.45, 7) is 32.8. The molecule has 25 heteroatoms. The van der Waals surface area contributed by atoms with Gasteiger partial charge in [-0.05, 0) is 204 Å². The predicted molar refractivity (Wildman–Crippen MR) is 478 cm³/mol. The molecule has 0 bridgehead atoms. The zero-order valence-corrected chi connectivity index (χ0v) is 84.0. The van der Waals surface area contributed by atoms with E-state index in [-0.39, 0.29) is 89.7 Å². The Hall–Kier alpha value is -7.94. The van der Waals surface area contributed by atoms with Crippen LogP contribution in [0.15, 0.2) is 320 Å². The van der Waals surface area contributed by atoms with Gasteiger partial charge in [0.1, 0.15) is 27.8 Å². The first-order chi connectivity index (χ1) is 58.4. The fraction of sp³-hybridized carbons (Fsp3) is 0.220. The summed E-state index contributed by atoms with van der Waals surface area (Å²) in [7, 11) is -17.6. The molecule has 0 aliphatic rings. The van der Waals surface area contributed by atoms with Crippen LogP contribution in [0.2, 0.25) is 0 Å². The fourth-order valence-electron chi connectivity index (χ4n) is 12.5. The van der Waals surface area contributed by atoms with Crippen LogP contribution in [0.5, 0.6) is 11.5 Å². The molecule has 0 atom stereocenters. The molecule has 0 radical (unpaired) electrons. The van der Waals surface area contributed by atoms with Crippen LogP contribution >= 0.6 is 7.81 Å². The van der Waals surface area contributed by atoms with Crippen LogP contribution in [0, 0.1) is 77.0 Å². The molecule has 0 amide bonds. The summed E-state index contributed by atoms with van der Waals surface area (Å²) in [5.41, 5.74) is 14.4. The number of ether oxygens (including phenoxy) is 2. The van der Waals surface area contributed by atoms with E-state index in [1.807, 2.05) is 6.92 Å². The molecule has 0 aliphatic carbocycles. The van der Waals surface area contributed by atoms with Gasteiger partial charge >= 0.3 is 123 Å². The monoisotopic (exact) mass is 2220 g/mol. The minimum atomic E-state index is -10.7. The van der Waals surface area contributed by atoms with Crippen LogP contribution in [-0.2, 0) is 20.2 Å². The number of methoxy groups -OCH3 is 2. The first-order valence-electron chi connectivity index (χ1n) is 39.9. The summed E-state index contributed by atoms with van der Waals surface area (Å²) in [5.74, 6) is 4.41. The zero-order chi connectivity index (χ0) is 92.7. The molecule has 13 aromatic carbocycles. The molecule has 125 heavy (non-hydrogen) atoms. The summed E-state index contributed by atoms with van der Waals surface area (Å²) in [6, 6.07) is 112. The third kappa shape index (κ3) is 37.4. The van der Waals surface area contributed by atoms with Gasteiger partial charge in [-0.2, -0.15) is 35.0 Å². The molecule has 0 unspecified atom stereocenters.